The van der Waals surface area contributed by atoms with E-state index in [1.54, 1.807) is 30.6 Å². The highest BCUT2D eigenvalue weighted by atomic mass is 32.2. The molecule has 7 nitrogen and oxygen atoms in total. The molecular formula is C30H38N2O5S. The number of hydrogen-bond acceptors (Lipinski definition) is 8. The largest absolute Gasteiger partial charge is 0.393 e. The number of aliphatic hydroxyl groups is 1. The maximum atomic E-state index is 14.3. The molecule has 1 aliphatic heterocycles. The Hall–Kier alpha value is -1.87. The number of allylic oxidation sites excluding steroid dienone is 4. The standard InChI is InChI=1S/C30H38N2O5S/c1-5-7-25-36-24-14-21-19-12-17(2)20-13-18(33)8-9-28(20,3)26(19)22(34)15-29(21,4)30(24,37-25)23(35)16-38-27-31-10-6-11-32-27/h6,8-11,13,17,19,21-22,24-26,34H,5,7,12,14-16H2,1-4H3/t17-,19?,21?,22-,24+,25?,26?,28?,29?,30-/m0/s1. The molecule has 4 fully saturated rings. The highest BCUT2D eigenvalue weighted by Crippen LogP contribution is 2.70. The molecule has 1 aromatic rings. The van der Waals surface area contributed by atoms with Crippen molar-refractivity contribution in [3.8, 4) is 0 Å². The van der Waals surface area contributed by atoms with Gasteiger partial charge in [0, 0.05) is 29.1 Å². The quantitative estimate of drug-likeness (QED) is 0.416. The molecule has 0 radical (unpaired) electrons. The van der Waals surface area contributed by atoms with Crippen LogP contribution in [0.4, 0.5) is 0 Å². The van der Waals surface area contributed by atoms with E-state index in [4.69, 9.17) is 9.47 Å². The van der Waals surface area contributed by atoms with Crippen molar-refractivity contribution in [1.82, 2.24) is 9.97 Å². The van der Waals surface area contributed by atoms with Crippen molar-refractivity contribution in [1.29, 1.82) is 0 Å². The lowest BCUT2D eigenvalue weighted by molar-refractivity contribution is -0.199. The first kappa shape index (κ1) is 26.4. The number of aromatic nitrogens is 2. The van der Waals surface area contributed by atoms with Crippen LogP contribution in [0.3, 0.4) is 0 Å². The van der Waals surface area contributed by atoms with E-state index in [-0.39, 0.29) is 52.5 Å². The summed E-state index contributed by atoms with van der Waals surface area (Å²) in [5.41, 5.74) is -0.919. The second-order valence-electron chi connectivity index (χ2n) is 12.4. The zero-order valence-electron chi connectivity index (χ0n) is 22.6. The fourth-order valence-corrected chi connectivity index (χ4v) is 9.77. The number of hydrogen-bond donors (Lipinski definition) is 1. The number of nitrogens with zero attached hydrogens (tertiary/aromatic N) is 2. The molecule has 3 saturated carbocycles. The van der Waals surface area contributed by atoms with Crippen molar-refractivity contribution < 1.29 is 24.2 Å². The van der Waals surface area contributed by atoms with Gasteiger partial charge in [-0.25, -0.2) is 9.97 Å². The third kappa shape index (κ3) is 3.66. The molecule has 6 unspecified atom stereocenters. The van der Waals surface area contributed by atoms with Gasteiger partial charge in [0.1, 0.15) is 0 Å². The number of aliphatic hydroxyl groups excluding tert-OH is 1. The first-order valence-electron chi connectivity index (χ1n) is 14.0. The molecule has 0 aromatic carbocycles. The number of ketones is 2. The monoisotopic (exact) mass is 538 g/mol. The van der Waals surface area contributed by atoms with Crippen LogP contribution < -0.4 is 0 Å². The third-order valence-electron chi connectivity index (χ3n) is 10.4. The summed E-state index contributed by atoms with van der Waals surface area (Å²) in [4.78, 5) is 35.1. The molecule has 2 heterocycles. The van der Waals surface area contributed by atoms with E-state index in [1.165, 1.54) is 11.8 Å². The number of ether oxygens (including phenoxy) is 2. The van der Waals surface area contributed by atoms with Crippen LogP contribution in [-0.2, 0) is 19.1 Å². The van der Waals surface area contributed by atoms with E-state index in [0.717, 1.165) is 31.3 Å². The van der Waals surface area contributed by atoms with Crippen LogP contribution >= 0.6 is 11.8 Å². The van der Waals surface area contributed by atoms with Crippen molar-refractivity contribution in [2.24, 2.45) is 34.5 Å². The third-order valence-corrected chi connectivity index (χ3v) is 11.3. The lowest BCUT2D eigenvalue weighted by atomic mass is 9.44. The van der Waals surface area contributed by atoms with Gasteiger partial charge in [-0.15, -0.1) is 0 Å². The lowest BCUT2D eigenvalue weighted by Gasteiger charge is -2.61. The van der Waals surface area contributed by atoms with Crippen molar-refractivity contribution in [2.45, 2.75) is 89.1 Å². The van der Waals surface area contributed by atoms with Gasteiger partial charge in [0.25, 0.3) is 0 Å². The second kappa shape index (κ2) is 9.36. The summed E-state index contributed by atoms with van der Waals surface area (Å²) in [6.45, 7) is 8.63. The van der Waals surface area contributed by atoms with Crippen molar-refractivity contribution >= 4 is 23.3 Å². The summed E-state index contributed by atoms with van der Waals surface area (Å²) < 4.78 is 13.2. The maximum Gasteiger partial charge on any atom is 0.187 e. The molecule has 6 rings (SSSR count). The Morgan fingerprint density at radius 3 is 2.74 bits per heavy atom. The number of carbonyl (C=O) groups excluding carboxylic acids is 2. The summed E-state index contributed by atoms with van der Waals surface area (Å²) in [5.74, 6) is 0.790. The Morgan fingerprint density at radius 1 is 1.24 bits per heavy atom. The van der Waals surface area contributed by atoms with E-state index in [0.29, 0.717) is 11.6 Å². The Kier molecular flexibility index (Phi) is 6.49. The topological polar surface area (TPSA) is 98.6 Å². The Labute approximate surface area is 228 Å². The molecule has 4 aliphatic carbocycles. The zero-order chi connectivity index (χ0) is 26.9. The van der Waals surface area contributed by atoms with Crippen molar-refractivity contribution in [3.05, 3.63) is 42.3 Å². The molecule has 10 atom stereocenters. The molecule has 0 bridgehead atoms. The average molecular weight is 539 g/mol. The van der Waals surface area contributed by atoms with E-state index < -0.39 is 23.4 Å². The van der Waals surface area contributed by atoms with E-state index in [2.05, 4.69) is 37.7 Å². The smallest absolute Gasteiger partial charge is 0.187 e. The van der Waals surface area contributed by atoms with Gasteiger partial charge >= 0.3 is 0 Å². The van der Waals surface area contributed by atoms with Gasteiger partial charge in [-0.1, -0.05) is 57.5 Å². The Balaban J connectivity index is 1.37. The lowest BCUT2D eigenvalue weighted by Crippen LogP contribution is -2.64. The van der Waals surface area contributed by atoms with Gasteiger partial charge in [-0.05, 0) is 61.7 Å². The molecule has 5 aliphatic rings. The number of rotatable bonds is 6. The number of Topliss-reactive ketones (excluding diaryl/α,β-unsaturated/α-hetero) is 1. The normalized spacial score (nSPS) is 45.1. The SMILES string of the molecule is CCCC1O[C@@H]2CC3C4C[C@H](C)C5=CC(=O)C=CC5(C)C4[C@@H](O)CC3(C)[C@@]2(C(=O)CSc2ncccn2)O1. The van der Waals surface area contributed by atoms with E-state index in [9.17, 15) is 14.7 Å². The number of thioether (sulfide) groups is 1. The van der Waals surface area contributed by atoms with Crippen LogP contribution in [0.25, 0.3) is 0 Å². The Bertz CT molecular complexity index is 1190. The summed E-state index contributed by atoms with van der Waals surface area (Å²) in [6.07, 6.45) is 11.2. The summed E-state index contributed by atoms with van der Waals surface area (Å²) in [7, 11) is 0. The highest BCUT2D eigenvalue weighted by molar-refractivity contribution is 7.99. The molecule has 38 heavy (non-hydrogen) atoms. The first-order valence-corrected chi connectivity index (χ1v) is 15.0. The molecule has 1 saturated heterocycles. The van der Waals surface area contributed by atoms with E-state index >= 15 is 0 Å². The van der Waals surface area contributed by atoms with Crippen molar-refractivity contribution in [2.75, 3.05) is 5.75 Å². The molecule has 0 spiro atoms. The fraction of sp³-hybridized carbons (Fsp3) is 0.667. The predicted molar refractivity (Wildman–Crippen MR) is 143 cm³/mol. The predicted octanol–water partition coefficient (Wildman–Crippen LogP) is 4.55. The van der Waals surface area contributed by atoms with Gasteiger partial charge in [0.05, 0.1) is 18.0 Å². The van der Waals surface area contributed by atoms with Gasteiger partial charge in [0.2, 0.25) is 0 Å². The minimum Gasteiger partial charge on any atom is -0.393 e. The zero-order valence-corrected chi connectivity index (χ0v) is 23.4. The Morgan fingerprint density at radius 2 is 2.00 bits per heavy atom. The van der Waals surface area contributed by atoms with Crippen LogP contribution in [0.2, 0.25) is 0 Å². The molecule has 1 N–H and O–H groups in total. The van der Waals surface area contributed by atoms with Gasteiger partial charge in [-0.2, -0.15) is 0 Å². The summed E-state index contributed by atoms with van der Waals surface area (Å²) >= 11 is 1.33. The second-order valence-corrected chi connectivity index (χ2v) is 13.4. The highest BCUT2D eigenvalue weighted by Gasteiger charge is 2.75. The molecular weight excluding hydrogens is 500 g/mol. The summed E-state index contributed by atoms with van der Waals surface area (Å²) in [5, 5.41) is 12.5. The molecule has 204 valence electrons. The van der Waals surface area contributed by atoms with Gasteiger partial charge < -0.3 is 14.6 Å². The minimum atomic E-state index is -1.11. The first-order chi connectivity index (χ1) is 18.1. The summed E-state index contributed by atoms with van der Waals surface area (Å²) in [6, 6.07) is 1.76. The van der Waals surface area contributed by atoms with Crippen LogP contribution in [0, 0.1) is 34.5 Å². The van der Waals surface area contributed by atoms with Crippen LogP contribution in [0.5, 0.6) is 0 Å². The molecule has 8 heteroatoms. The van der Waals surface area contributed by atoms with Gasteiger partial charge in [0.15, 0.2) is 28.6 Å². The van der Waals surface area contributed by atoms with Crippen LogP contribution in [0.1, 0.15) is 59.8 Å². The van der Waals surface area contributed by atoms with Crippen LogP contribution in [-0.4, -0.2) is 56.5 Å². The fourth-order valence-electron chi connectivity index (χ4n) is 9.03. The number of fused-ring (bicyclic) bond motifs is 7. The minimum absolute atomic E-state index is 0.00743. The van der Waals surface area contributed by atoms with Crippen LogP contribution in [0.15, 0.2) is 47.4 Å². The van der Waals surface area contributed by atoms with Gasteiger partial charge in [-0.3, -0.25) is 9.59 Å². The molecule has 1 aromatic heterocycles. The van der Waals surface area contributed by atoms with E-state index in [1.807, 2.05) is 6.08 Å². The van der Waals surface area contributed by atoms with Crippen molar-refractivity contribution in [3.63, 3.8) is 0 Å². The maximum absolute atomic E-state index is 14.3. The molecule has 0 amide bonds. The number of carbonyl (C=O) groups is 2. The average Bonchev–Trinajstić information content (AvgIpc) is 3.36.